The summed E-state index contributed by atoms with van der Waals surface area (Å²) in [5, 5.41) is 39.0. The molecule has 5 N–H and O–H groups in total. The van der Waals surface area contributed by atoms with Crippen LogP contribution in [0.25, 0.3) is 0 Å². The Hall–Kier alpha value is -2.85. The number of carbonyl (C=O) groups excluding carboxylic acids is 1. The number of rotatable bonds is 19. The van der Waals surface area contributed by atoms with Crippen molar-refractivity contribution in [1.82, 2.24) is 24.9 Å². The van der Waals surface area contributed by atoms with Crippen molar-refractivity contribution in [2.45, 2.75) is 0 Å². The van der Waals surface area contributed by atoms with Gasteiger partial charge in [0.1, 0.15) is 0 Å². The Kier molecular flexibility index (Phi) is 14.4. The van der Waals surface area contributed by atoms with E-state index in [1.807, 2.05) is 0 Å². The zero-order valence-electron chi connectivity index (χ0n) is 19.6. The predicted molar refractivity (Wildman–Crippen MR) is 120 cm³/mol. The lowest BCUT2D eigenvalue weighted by Crippen LogP contribution is -2.47. The Morgan fingerprint density at radius 3 is 1.51 bits per heavy atom. The summed E-state index contributed by atoms with van der Waals surface area (Å²) in [5.74, 6) is -5.10. The van der Waals surface area contributed by atoms with Crippen molar-refractivity contribution >= 4 is 29.8 Å². The predicted octanol–water partition coefficient (Wildman–Crippen LogP) is -3.32. The molecule has 15 nitrogen and oxygen atoms in total. The van der Waals surface area contributed by atoms with Gasteiger partial charge in [0.05, 0.1) is 45.9 Å². The number of carboxylic acid groups (broad SMARTS) is 4. The van der Waals surface area contributed by atoms with Gasteiger partial charge >= 0.3 is 23.9 Å². The first-order chi connectivity index (χ1) is 16.5. The van der Waals surface area contributed by atoms with Crippen molar-refractivity contribution in [2.75, 3.05) is 98.3 Å². The molecule has 1 aliphatic rings. The third kappa shape index (κ3) is 15.6. The van der Waals surface area contributed by atoms with E-state index in [1.165, 1.54) is 9.80 Å². The van der Waals surface area contributed by atoms with E-state index in [0.717, 1.165) is 18.0 Å². The molecule has 1 amide bonds. The SMILES string of the molecule is O=C(O)CN(CCN(CC(=O)O)CC(=O)O)CCN(CC(=O)O)CC(=O)NCCN1CCOCC1. The quantitative estimate of drug-likeness (QED) is 0.117. The molecule has 15 heteroatoms. The first-order valence-corrected chi connectivity index (χ1v) is 11.2. The van der Waals surface area contributed by atoms with E-state index in [0.29, 0.717) is 26.3 Å². The van der Waals surface area contributed by atoms with Crippen LogP contribution >= 0.6 is 0 Å². The van der Waals surface area contributed by atoms with Crippen molar-refractivity contribution in [3.05, 3.63) is 0 Å². The normalized spacial score (nSPS) is 14.4. The van der Waals surface area contributed by atoms with Gasteiger partial charge in [0, 0.05) is 52.4 Å². The third-order valence-electron chi connectivity index (χ3n) is 5.12. The fourth-order valence-corrected chi connectivity index (χ4v) is 3.47. The van der Waals surface area contributed by atoms with Crippen molar-refractivity contribution in [3.8, 4) is 0 Å². The Morgan fingerprint density at radius 1 is 0.657 bits per heavy atom. The lowest BCUT2D eigenvalue weighted by molar-refractivity contribution is -0.143. The van der Waals surface area contributed by atoms with Gasteiger partial charge in [-0.2, -0.15) is 0 Å². The fraction of sp³-hybridized carbons (Fsp3) is 0.750. The molecule has 0 radical (unpaired) electrons. The van der Waals surface area contributed by atoms with Gasteiger partial charge in [-0.1, -0.05) is 0 Å². The van der Waals surface area contributed by atoms with Gasteiger partial charge in [0.15, 0.2) is 0 Å². The average molecular weight is 506 g/mol. The highest BCUT2D eigenvalue weighted by Crippen LogP contribution is 1.98. The monoisotopic (exact) mass is 505 g/mol. The van der Waals surface area contributed by atoms with E-state index in [-0.39, 0.29) is 38.6 Å². The van der Waals surface area contributed by atoms with E-state index < -0.39 is 50.1 Å². The summed E-state index contributed by atoms with van der Waals surface area (Å²) in [7, 11) is 0. The summed E-state index contributed by atoms with van der Waals surface area (Å²) >= 11 is 0. The molecule has 1 fully saturated rings. The van der Waals surface area contributed by atoms with E-state index in [2.05, 4.69) is 10.2 Å². The van der Waals surface area contributed by atoms with Gasteiger partial charge in [0.25, 0.3) is 0 Å². The summed E-state index contributed by atoms with van der Waals surface area (Å²) in [6.07, 6.45) is 0. The Bertz CT molecular complexity index is 700. The number of aliphatic carboxylic acids is 4. The molecule has 0 saturated carbocycles. The maximum Gasteiger partial charge on any atom is 0.317 e. The topological polar surface area (TPSA) is 200 Å². The molecule has 0 aromatic carbocycles. The van der Waals surface area contributed by atoms with Crippen LogP contribution in [0.3, 0.4) is 0 Å². The van der Waals surface area contributed by atoms with Crippen molar-refractivity contribution in [2.24, 2.45) is 0 Å². The van der Waals surface area contributed by atoms with Crippen molar-refractivity contribution in [3.63, 3.8) is 0 Å². The lowest BCUT2D eigenvalue weighted by Gasteiger charge is -2.28. The number of hydrogen-bond acceptors (Lipinski definition) is 10. The highest BCUT2D eigenvalue weighted by atomic mass is 16.5. The standard InChI is InChI=1S/C20H35N5O10/c26-16(21-1-2-22-7-9-35-10-8-22)11-24(13-18(29)30)5-3-23(12-17(27)28)4-6-25(14-19(31)32)15-20(33)34/h1-15H2,(H,21,26)(H,27,28)(H,29,30)(H,31,32)(H,33,34). The Morgan fingerprint density at radius 2 is 1.06 bits per heavy atom. The maximum absolute atomic E-state index is 12.3. The molecule has 0 spiro atoms. The van der Waals surface area contributed by atoms with Crippen LogP contribution in [-0.4, -0.2) is 168 Å². The van der Waals surface area contributed by atoms with Gasteiger partial charge < -0.3 is 30.5 Å². The van der Waals surface area contributed by atoms with Crippen molar-refractivity contribution in [1.29, 1.82) is 0 Å². The number of amides is 1. The van der Waals surface area contributed by atoms with Gasteiger partial charge in [0.2, 0.25) is 5.91 Å². The van der Waals surface area contributed by atoms with Gasteiger partial charge in [-0.3, -0.25) is 43.6 Å². The number of morpholine rings is 1. The number of nitrogens with one attached hydrogen (secondary N) is 1. The second-order valence-corrected chi connectivity index (χ2v) is 8.08. The van der Waals surface area contributed by atoms with Crippen LogP contribution in [0.1, 0.15) is 0 Å². The molecule has 1 aliphatic heterocycles. The summed E-state index contributed by atoms with van der Waals surface area (Å²) in [6, 6.07) is 0. The van der Waals surface area contributed by atoms with E-state index in [1.54, 1.807) is 0 Å². The molecule has 0 aromatic heterocycles. The number of ether oxygens (including phenoxy) is 1. The first kappa shape index (κ1) is 30.2. The Labute approximate surface area is 202 Å². The number of carboxylic acids is 4. The minimum atomic E-state index is -1.22. The second-order valence-electron chi connectivity index (χ2n) is 8.08. The van der Waals surface area contributed by atoms with Gasteiger partial charge in [-0.05, 0) is 0 Å². The van der Waals surface area contributed by atoms with Gasteiger partial charge in [-0.25, -0.2) is 0 Å². The lowest BCUT2D eigenvalue weighted by atomic mass is 10.3. The molecule has 0 bridgehead atoms. The highest BCUT2D eigenvalue weighted by molar-refractivity contribution is 5.79. The van der Waals surface area contributed by atoms with Crippen LogP contribution in [0.5, 0.6) is 0 Å². The molecule has 1 saturated heterocycles. The molecular formula is C20H35N5O10. The molecule has 0 aromatic rings. The van der Waals surface area contributed by atoms with Crippen LogP contribution in [0, 0.1) is 0 Å². The van der Waals surface area contributed by atoms with Crippen LogP contribution in [0.15, 0.2) is 0 Å². The minimum absolute atomic E-state index is 0.0210. The van der Waals surface area contributed by atoms with E-state index in [9.17, 15) is 34.2 Å². The van der Waals surface area contributed by atoms with Gasteiger partial charge in [-0.15, -0.1) is 0 Å². The van der Waals surface area contributed by atoms with Crippen molar-refractivity contribution < 1.29 is 49.1 Å². The highest BCUT2D eigenvalue weighted by Gasteiger charge is 2.19. The van der Waals surface area contributed by atoms with E-state index in [4.69, 9.17) is 14.9 Å². The third-order valence-corrected chi connectivity index (χ3v) is 5.12. The first-order valence-electron chi connectivity index (χ1n) is 11.2. The summed E-state index contributed by atoms with van der Waals surface area (Å²) < 4.78 is 5.26. The minimum Gasteiger partial charge on any atom is -0.480 e. The van der Waals surface area contributed by atoms with E-state index >= 15 is 0 Å². The summed E-state index contributed by atoms with van der Waals surface area (Å²) in [4.78, 5) is 62.8. The van der Waals surface area contributed by atoms with Crippen LogP contribution in [-0.2, 0) is 28.7 Å². The number of carbonyl (C=O) groups is 5. The second kappa shape index (κ2) is 16.7. The van der Waals surface area contributed by atoms with Crippen LogP contribution < -0.4 is 5.32 Å². The molecule has 0 aliphatic carbocycles. The maximum atomic E-state index is 12.3. The summed E-state index contributed by atoms with van der Waals surface area (Å²) in [5.41, 5.74) is 0. The molecule has 200 valence electrons. The largest absolute Gasteiger partial charge is 0.480 e. The van der Waals surface area contributed by atoms with Crippen LogP contribution in [0.2, 0.25) is 0 Å². The van der Waals surface area contributed by atoms with Crippen LogP contribution in [0.4, 0.5) is 0 Å². The fourth-order valence-electron chi connectivity index (χ4n) is 3.47. The average Bonchev–Trinajstić information content (AvgIpc) is 2.74. The zero-order chi connectivity index (χ0) is 26.2. The molecule has 35 heavy (non-hydrogen) atoms. The molecule has 1 heterocycles. The molecular weight excluding hydrogens is 470 g/mol. The Balaban J connectivity index is 2.59. The molecule has 0 unspecified atom stereocenters. The smallest absolute Gasteiger partial charge is 0.317 e. The molecule has 1 rings (SSSR count). The summed E-state index contributed by atoms with van der Waals surface area (Å²) in [6.45, 7) is 1.93. The zero-order valence-corrected chi connectivity index (χ0v) is 19.6. The number of hydrogen-bond donors (Lipinski definition) is 5. The number of nitrogens with zero attached hydrogens (tertiary/aromatic N) is 4. The molecule has 0 atom stereocenters.